The molecule has 0 bridgehead atoms. The van der Waals surface area contributed by atoms with E-state index in [0.717, 1.165) is 22.1 Å². The van der Waals surface area contributed by atoms with E-state index in [1.54, 1.807) is 0 Å². The Kier molecular flexibility index (Phi) is 5.41. The van der Waals surface area contributed by atoms with Gasteiger partial charge in [0.15, 0.2) is 0 Å². The molecule has 4 heteroatoms. The molecular formula is C16H25BrN2S. The van der Waals surface area contributed by atoms with Gasteiger partial charge < -0.3 is 4.98 Å². The summed E-state index contributed by atoms with van der Waals surface area (Å²) in [6.45, 7) is 9.05. The van der Waals surface area contributed by atoms with Crippen LogP contribution in [0.4, 0.5) is 0 Å². The Morgan fingerprint density at radius 3 is 2.25 bits per heavy atom. The number of aromatic nitrogens is 2. The first-order valence-corrected chi connectivity index (χ1v) is 8.89. The first-order chi connectivity index (χ1) is 9.40. The lowest BCUT2D eigenvalue weighted by atomic mass is 9.76. The summed E-state index contributed by atoms with van der Waals surface area (Å²) in [6.07, 6.45) is 5.11. The maximum atomic E-state index is 5.40. The van der Waals surface area contributed by atoms with Crippen molar-refractivity contribution < 1.29 is 0 Å². The van der Waals surface area contributed by atoms with Gasteiger partial charge in [0.05, 0.1) is 4.47 Å². The molecule has 1 N–H and O–H groups in total. The van der Waals surface area contributed by atoms with Gasteiger partial charge in [-0.05, 0) is 59.4 Å². The van der Waals surface area contributed by atoms with Gasteiger partial charge in [-0.3, -0.25) is 0 Å². The zero-order valence-corrected chi connectivity index (χ0v) is 15.3. The molecule has 0 saturated heterocycles. The summed E-state index contributed by atoms with van der Waals surface area (Å²) in [7, 11) is 0. The highest BCUT2D eigenvalue weighted by atomic mass is 79.9. The van der Waals surface area contributed by atoms with E-state index in [1.807, 2.05) is 0 Å². The van der Waals surface area contributed by atoms with Crippen molar-refractivity contribution in [2.75, 3.05) is 0 Å². The Morgan fingerprint density at radius 1 is 1.15 bits per heavy atom. The highest BCUT2D eigenvalue weighted by Gasteiger charge is 2.26. The van der Waals surface area contributed by atoms with Crippen molar-refractivity contribution in [3.05, 3.63) is 20.6 Å². The van der Waals surface area contributed by atoms with Crippen LogP contribution in [0.1, 0.15) is 76.7 Å². The Hall–Kier alpha value is -0.220. The third kappa shape index (κ3) is 3.51. The molecule has 0 amide bonds. The van der Waals surface area contributed by atoms with Crippen LogP contribution in [0.5, 0.6) is 0 Å². The first kappa shape index (κ1) is 16.2. The summed E-state index contributed by atoms with van der Waals surface area (Å²) in [5, 5.41) is 0. The lowest BCUT2D eigenvalue weighted by Crippen LogP contribution is -2.19. The largest absolute Gasteiger partial charge is 0.346 e. The van der Waals surface area contributed by atoms with Crippen molar-refractivity contribution in [3.63, 3.8) is 0 Å². The lowest BCUT2D eigenvalue weighted by Gasteiger charge is -2.30. The third-order valence-electron chi connectivity index (χ3n) is 4.59. The van der Waals surface area contributed by atoms with Crippen molar-refractivity contribution >= 4 is 28.1 Å². The van der Waals surface area contributed by atoms with Crippen LogP contribution >= 0.6 is 28.1 Å². The molecule has 2 nitrogen and oxygen atoms in total. The average molecular weight is 357 g/mol. The minimum absolute atomic E-state index is 0.430. The second-order valence-corrected chi connectivity index (χ2v) is 7.84. The smallest absolute Gasteiger partial charge is 0.144 e. The fourth-order valence-electron chi connectivity index (χ4n) is 3.14. The molecule has 0 aliphatic heterocycles. The van der Waals surface area contributed by atoms with Gasteiger partial charge >= 0.3 is 0 Å². The van der Waals surface area contributed by atoms with E-state index >= 15 is 0 Å². The van der Waals surface area contributed by atoms with Gasteiger partial charge in [0.25, 0.3) is 0 Å². The molecule has 112 valence electrons. The number of nitrogens with zero attached hydrogens (tertiary/aromatic N) is 1. The van der Waals surface area contributed by atoms with Crippen molar-refractivity contribution in [1.29, 1.82) is 0 Å². The maximum absolute atomic E-state index is 5.40. The molecule has 2 rings (SSSR count). The molecule has 1 aliphatic rings. The summed E-state index contributed by atoms with van der Waals surface area (Å²) in [6, 6.07) is 0. The van der Waals surface area contributed by atoms with Crippen molar-refractivity contribution in [1.82, 2.24) is 9.97 Å². The van der Waals surface area contributed by atoms with Crippen LogP contribution in [-0.4, -0.2) is 9.97 Å². The second-order valence-electron chi connectivity index (χ2n) is 6.67. The minimum Gasteiger partial charge on any atom is -0.346 e. The van der Waals surface area contributed by atoms with Gasteiger partial charge in [-0.25, -0.2) is 4.98 Å². The van der Waals surface area contributed by atoms with E-state index in [-0.39, 0.29) is 0 Å². The molecule has 0 unspecified atom stereocenters. The Labute approximate surface area is 135 Å². The molecule has 0 aromatic carbocycles. The lowest BCUT2D eigenvalue weighted by molar-refractivity contribution is 0.254. The van der Waals surface area contributed by atoms with Gasteiger partial charge in [-0.1, -0.05) is 39.9 Å². The molecule has 1 fully saturated rings. The molecule has 1 aromatic heterocycles. The van der Waals surface area contributed by atoms with E-state index in [9.17, 15) is 0 Å². The maximum Gasteiger partial charge on any atom is 0.144 e. The molecule has 0 spiro atoms. The topological polar surface area (TPSA) is 28.7 Å². The van der Waals surface area contributed by atoms with Crippen molar-refractivity contribution in [3.8, 4) is 0 Å². The van der Waals surface area contributed by atoms with Crippen LogP contribution in [0.2, 0.25) is 0 Å². The van der Waals surface area contributed by atoms with E-state index in [0.29, 0.717) is 16.5 Å². The quantitative estimate of drug-likeness (QED) is 0.677. The molecule has 0 radical (unpaired) electrons. The summed E-state index contributed by atoms with van der Waals surface area (Å²) < 4.78 is 1.66. The Bertz CT molecular complexity index is 514. The van der Waals surface area contributed by atoms with Crippen LogP contribution < -0.4 is 0 Å². The molecule has 0 atom stereocenters. The molecule has 20 heavy (non-hydrogen) atoms. The minimum atomic E-state index is 0.430. The van der Waals surface area contributed by atoms with Crippen LogP contribution in [0.25, 0.3) is 0 Å². The zero-order chi connectivity index (χ0) is 14.9. The van der Waals surface area contributed by atoms with E-state index < -0.39 is 0 Å². The summed E-state index contributed by atoms with van der Waals surface area (Å²) in [5.41, 5.74) is 1.19. The molecular weight excluding hydrogens is 332 g/mol. The normalized spacial score (nSPS) is 23.6. The number of H-pyrrole nitrogens is 1. The van der Waals surface area contributed by atoms with E-state index in [4.69, 9.17) is 12.2 Å². The number of halogens is 1. The standard InChI is InChI=1S/C16H25BrN2S/c1-9(2)11-5-7-12(8-6-11)15-18-14(10(3)4)13(17)16(20)19-15/h9-12H,5-8H2,1-4H3,(H,18,19,20). The number of nitrogens with one attached hydrogen (secondary N) is 1. The number of hydrogen-bond acceptors (Lipinski definition) is 2. The van der Waals surface area contributed by atoms with Gasteiger partial charge in [0.2, 0.25) is 0 Å². The summed E-state index contributed by atoms with van der Waals surface area (Å²) in [4.78, 5) is 8.16. The fraction of sp³-hybridized carbons (Fsp3) is 0.750. The van der Waals surface area contributed by atoms with E-state index in [1.165, 1.54) is 31.4 Å². The molecule has 1 aromatic rings. The van der Waals surface area contributed by atoms with Gasteiger partial charge in [0, 0.05) is 11.6 Å². The van der Waals surface area contributed by atoms with Gasteiger partial charge in [-0.2, -0.15) is 0 Å². The summed E-state index contributed by atoms with van der Waals surface area (Å²) >= 11 is 8.97. The van der Waals surface area contributed by atoms with Crippen molar-refractivity contribution in [2.45, 2.75) is 65.2 Å². The van der Waals surface area contributed by atoms with Gasteiger partial charge in [0.1, 0.15) is 10.5 Å². The molecule has 1 aliphatic carbocycles. The van der Waals surface area contributed by atoms with Crippen LogP contribution in [0, 0.1) is 16.5 Å². The fourth-order valence-corrected chi connectivity index (χ4v) is 4.00. The summed E-state index contributed by atoms with van der Waals surface area (Å²) in [5.74, 6) is 3.77. The van der Waals surface area contributed by atoms with Crippen LogP contribution in [-0.2, 0) is 0 Å². The Morgan fingerprint density at radius 2 is 1.75 bits per heavy atom. The van der Waals surface area contributed by atoms with Crippen molar-refractivity contribution in [2.24, 2.45) is 11.8 Å². The van der Waals surface area contributed by atoms with Crippen LogP contribution in [0.15, 0.2) is 4.47 Å². The number of hydrogen-bond donors (Lipinski definition) is 1. The molecule has 1 heterocycles. The highest BCUT2D eigenvalue weighted by Crippen LogP contribution is 2.38. The monoisotopic (exact) mass is 356 g/mol. The van der Waals surface area contributed by atoms with Crippen LogP contribution in [0.3, 0.4) is 0 Å². The zero-order valence-electron chi connectivity index (χ0n) is 12.9. The van der Waals surface area contributed by atoms with Gasteiger partial charge in [-0.15, -0.1) is 0 Å². The first-order valence-electron chi connectivity index (χ1n) is 7.69. The van der Waals surface area contributed by atoms with E-state index in [2.05, 4.69) is 53.6 Å². The Balaban J connectivity index is 2.20. The SMILES string of the molecule is CC(C)c1[nH]c(C2CCC(C(C)C)CC2)nc(=S)c1Br. The number of aromatic amines is 1. The predicted molar refractivity (Wildman–Crippen MR) is 90.7 cm³/mol. The number of rotatable bonds is 3. The predicted octanol–water partition coefficient (Wildman–Crippen LogP) is 5.95. The third-order valence-corrected chi connectivity index (χ3v) is 5.95. The highest BCUT2D eigenvalue weighted by molar-refractivity contribution is 9.10. The molecule has 1 saturated carbocycles. The second kappa shape index (κ2) is 6.69. The average Bonchev–Trinajstić information content (AvgIpc) is 2.41.